The molecule has 1 aromatic carbocycles. The number of nitrogens with one attached hydrogen (secondary N) is 2. The summed E-state index contributed by atoms with van der Waals surface area (Å²) in [7, 11) is 3.53. The number of nitrogens with zero attached hydrogens (tertiary/aromatic N) is 3. The molecule has 5 rings (SSSR count). The van der Waals surface area contributed by atoms with Crippen molar-refractivity contribution in [3.8, 4) is 5.75 Å². The molecule has 8 nitrogen and oxygen atoms in total. The van der Waals surface area contributed by atoms with E-state index in [0.29, 0.717) is 34.5 Å². The lowest BCUT2D eigenvalue weighted by atomic mass is 9.87. The highest BCUT2D eigenvalue weighted by Gasteiger charge is 2.36. The van der Waals surface area contributed by atoms with E-state index in [1.807, 2.05) is 11.9 Å². The summed E-state index contributed by atoms with van der Waals surface area (Å²) in [6.45, 7) is 0. The Morgan fingerprint density at radius 2 is 2.16 bits per heavy atom. The number of fused-ring (bicyclic) bond motifs is 3. The molecule has 32 heavy (non-hydrogen) atoms. The summed E-state index contributed by atoms with van der Waals surface area (Å²) in [6, 6.07) is 3.93. The standard InChI is InChI=1S/C23H26N6O2S/c1-29(14-4-5-14)23(30)12-3-6-15-19(8-12)32-22-20(15)21(26-11-27-22)28-17-7-13(10-24)16(25)9-18(17)31-2/h7,9-12,14,24H,3-6,8,25H2,1-2H3,(H,26,27,28). The molecule has 9 heteroatoms. The molecule has 166 valence electrons. The minimum absolute atomic E-state index is 0.0397. The highest BCUT2D eigenvalue weighted by atomic mass is 32.1. The molecule has 0 aliphatic heterocycles. The Morgan fingerprint density at radius 1 is 1.34 bits per heavy atom. The molecule has 3 aromatic rings. The van der Waals surface area contributed by atoms with Gasteiger partial charge in [0.25, 0.3) is 0 Å². The molecule has 0 saturated heterocycles. The van der Waals surface area contributed by atoms with Gasteiger partial charge in [-0.1, -0.05) is 0 Å². The van der Waals surface area contributed by atoms with Crippen LogP contribution >= 0.6 is 11.3 Å². The number of thiophene rings is 1. The number of aromatic nitrogens is 2. The van der Waals surface area contributed by atoms with Crippen LogP contribution in [0.25, 0.3) is 10.2 Å². The van der Waals surface area contributed by atoms with E-state index < -0.39 is 0 Å². The third kappa shape index (κ3) is 3.56. The molecule has 0 spiro atoms. The zero-order valence-corrected chi connectivity index (χ0v) is 19.0. The van der Waals surface area contributed by atoms with E-state index in [1.54, 1.807) is 36.9 Å². The quantitative estimate of drug-likeness (QED) is 0.389. The lowest BCUT2D eigenvalue weighted by Gasteiger charge is -2.26. The average molecular weight is 451 g/mol. The van der Waals surface area contributed by atoms with Crippen molar-refractivity contribution in [2.24, 2.45) is 5.92 Å². The first kappa shape index (κ1) is 20.7. The molecular formula is C23H26N6O2S. The zero-order chi connectivity index (χ0) is 22.4. The average Bonchev–Trinajstić information content (AvgIpc) is 3.58. The van der Waals surface area contributed by atoms with Gasteiger partial charge in [0, 0.05) is 47.4 Å². The number of hydrogen-bond donors (Lipinski definition) is 3. The van der Waals surface area contributed by atoms with Crippen LogP contribution in [0.4, 0.5) is 17.2 Å². The van der Waals surface area contributed by atoms with Crippen LogP contribution in [0.2, 0.25) is 0 Å². The maximum absolute atomic E-state index is 12.9. The van der Waals surface area contributed by atoms with Crippen LogP contribution in [0, 0.1) is 11.3 Å². The number of rotatable bonds is 6. The Balaban J connectivity index is 1.48. The molecular weight excluding hydrogens is 424 g/mol. The second-order valence-corrected chi connectivity index (χ2v) is 9.56. The summed E-state index contributed by atoms with van der Waals surface area (Å²) in [4.78, 5) is 26.0. The van der Waals surface area contributed by atoms with E-state index in [1.165, 1.54) is 16.7 Å². The Bertz CT molecular complexity index is 1220. The van der Waals surface area contributed by atoms with Gasteiger partial charge in [0.15, 0.2) is 0 Å². The van der Waals surface area contributed by atoms with Crippen molar-refractivity contribution >= 4 is 50.9 Å². The number of carbonyl (C=O) groups excluding carboxylic acids is 1. The Labute approximate surface area is 190 Å². The first-order valence-corrected chi connectivity index (χ1v) is 11.6. The SMILES string of the molecule is COc1cc(N)c(C=N)cc1Nc1ncnc2sc3c(c12)CCC(C(=O)N(C)C1CC1)C3. The van der Waals surface area contributed by atoms with Crippen molar-refractivity contribution < 1.29 is 9.53 Å². The van der Waals surface area contributed by atoms with Crippen molar-refractivity contribution in [3.05, 3.63) is 34.5 Å². The molecule has 1 amide bonds. The smallest absolute Gasteiger partial charge is 0.226 e. The highest BCUT2D eigenvalue weighted by molar-refractivity contribution is 7.19. The molecule has 1 atom stereocenters. The number of carbonyl (C=O) groups is 1. The summed E-state index contributed by atoms with van der Waals surface area (Å²) < 4.78 is 5.49. The maximum Gasteiger partial charge on any atom is 0.226 e. The van der Waals surface area contributed by atoms with Crippen LogP contribution < -0.4 is 15.8 Å². The van der Waals surface area contributed by atoms with Gasteiger partial charge in [0.1, 0.15) is 22.7 Å². The van der Waals surface area contributed by atoms with E-state index in [-0.39, 0.29) is 11.8 Å². The Kier molecular flexibility index (Phi) is 5.21. The van der Waals surface area contributed by atoms with Gasteiger partial charge in [-0.05, 0) is 43.7 Å². The van der Waals surface area contributed by atoms with Crippen LogP contribution in [0.1, 0.15) is 35.3 Å². The van der Waals surface area contributed by atoms with Gasteiger partial charge in [-0.3, -0.25) is 4.79 Å². The third-order valence-electron chi connectivity index (χ3n) is 6.45. The number of nitrogens with two attached hydrogens (primary N) is 1. The minimum atomic E-state index is 0.0397. The summed E-state index contributed by atoms with van der Waals surface area (Å²) in [5.74, 6) is 1.59. The number of methoxy groups -OCH3 is 1. The van der Waals surface area contributed by atoms with Crippen molar-refractivity contribution in [3.63, 3.8) is 0 Å². The number of amides is 1. The third-order valence-corrected chi connectivity index (χ3v) is 7.61. The van der Waals surface area contributed by atoms with E-state index in [2.05, 4.69) is 15.3 Å². The van der Waals surface area contributed by atoms with E-state index >= 15 is 0 Å². The van der Waals surface area contributed by atoms with Gasteiger partial charge in [-0.25, -0.2) is 9.97 Å². The van der Waals surface area contributed by atoms with Crippen molar-refractivity contribution in [2.45, 2.75) is 38.1 Å². The maximum atomic E-state index is 12.9. The number of hydrogen-bond acceptors (Lipinski definition) is 8. The van der Waals surface area contributed by atoms with Crippen LogP contribution in [-0.4, -0.2) is 47.2 Å². The molecule has 2 aliphatic carbocycles. The summed E-state index contributed by atoms with van der Waals surface area (Å²) in [6.07, 6.45) is 7.46. The van der Waals surface area contributed by atoms with E-state index in [0.717, 1.165) is 42.3 Å². The number of anilines is 3. The molecule has 1 fully saturated rings. The molecule has 4 N–H and O–H groups in total. The topological polar surface area (TPSA) is 117 Å². The minimum Gasteiger partial charge on any atom is -0.494 e. The molecule has 0 radical (unpaired) electrons. The van der Waals surface area contributed by atoms with Crippen LogP contribution in [0.5, 0.6) is 5.75 Å². The normalized spacial score (nSPS) is 17.6. The highest BCUT2D eigenvalue weighted by Crippen LogP contribution is 2.42. The van der Waals surface area contributed by atoms with Gasteiger partial charge >= 0.3 is 0 Å². The summed E-state index contributed by atoms with van der Waals surface area (Å²) >= 11 is 1.65. The van der Waals surface area contributed by atoms with Gasteiger partial charge in [-0.15, -0.1) is 11.3 Å². The van der Waals surface area contributed by atoms with Gasteiger partial charge in [-0.2, -0.15) is 0 Å². The first-order chi connectivity index (χ1) is 15.5. The predicted molar refractivity (Wildman–Crippen MR) is 127 cm³/mol. The second-order valence-electron chi connectivity index (χ2n) is 8.48. The fraction of sp³-hybridized carbons (Fsp3) is 0.391. The first-order valence-electron chi connectivity index (χ1n) is 10.8. The number of nitrogen functional groups attached to an aromatic ring is 1. The zero-order valence-electron chi connectivity index (χ0n) is 18.1. The lowest BCUT2D eigenvalue weighted by Crippen LogP contribution is -2.36. The molecule has 2 aromatic heterocycles. The fourth-order valence-corrected chi connectivity index (χ4v) is 5.74. The molecule has 2 heterocycles. The molecule has 1 unspecified atom stereocenters. The number of aryl methyl sites for hydroxylation is 1. The van der Waals surface area contributed by atoms with Gasteiger partial charge in [0.05, 0.1) is 18.2 Å². The van der Waals surface area contributed by atoms with Crippen LogP contribution in [-0.2, 0) is 17.6 Å². The second kappa shape index (κ2) is 8.05. The van der Waals surface area contributed by atoms with Crippen molar-refractivity contribution in [1.82, 2.24) is 14.9 Å². The molecule has 2 aliphatic rings. The molecule has 0 bridgehead atoms. The lowest BCUT2D eigenvalue weighted by molar-refractivity contribution is -0.135. The monoisotopic (exact) mass is 450 g/mol. The van der Waals surface area contributed by atoms with Gasteiger partial charge < -0.3 is 26.1 Å². The fourth-order valence-electron chi connectivity index (χ4n) is 4.48. The van der Waals surface area contributed by atoms with Crippen molar-refractivity contribution in [2.75, 3.05) is 25.2 Å². The Morgan fingerprint density at radius 3 is 2.88 bits per heavy atom. The summed E-state index contributed by atoms with van der Waals surface area (Å²) in [5, 5.41) is 12.0. The molecule has 1 saturated carbocycles. The van der Waals surface area contributed by atoms with Gasteiger partial charge in [0.2, 0.25) is 5.91 Å². The summed E-state index contributed by atoms with van der Waals surface area (Å²) in [5.41, 5.74) is 9.01. The number of ether oxygens (including phenoxy) is 1. The largest absolute Gasteiger partial charge is 0.494 e. The van der Waals surface area contributed by atoms with Crippen molar-refractivity contribution in [1.29, 1.82) is 5.41 Å². The van der Waals surface area contributed by atoms with Crippen LogP contribution in [0.15, 0.2) is 18.5 Å². The Hall–Kier alpha value is -3.20. The number of benzene rings is 1. The van der Waals surface area contributed by atoms with E-state index in [4.69, 9.17) is 15.9 Å². The predicted octanol–water partition coefficient (Wildman–Crippen LogP) is 3.75. The van der Waals surface area contributed by atoms with E-state index in [9.17, 15) is 4.79 Å². The van der Waals surface area contributed by atoms with Crippen LogP contribution in [0.3, 0.4) is 0 Å².